The number of carbonyl (C=O) groups excluding carboxylic acids is 1. The molecular formula is C18H22FN3O2. The molecule has 1 aromatic heterocycles. The zero-order valence-electron chi connectivity index (χ0n) is 13.6. The van der Waals surface area contributed by atoms with E-state index in [-0.39, 0.29) is 18.4 Å². The highest BCUT2D eigenvalue weighted by Gasteiger charge is 2.15. The number of nitrogens with zero attached hydrogens (tertiary/aromatic N) is 2. The monoisotopic (exact) mass is 331 g/mol. The molecule has 1 aromatic carbocycles. The molecule has 2 amide bonds. The van der Waals surface area contributed by atoms with Crippen LogP contribution in [-0.4, -0.2) is 29.2 Å². The van der Waals surface area contributed by atoms with E-state index in [4.69, 9.17) is 4.52 Å². The molecule has 0 aliphatic carbocycles. The van der Waals surface area contributed by atoms with Gasteiger partial charge in [0, 0.05) is 24.7 Å². The standard InChI is InChI=1S/C18H22FN3O2/c19-15-8-6-7-14(11-15)17-12-16(24-21-17)13-20-18(23)22-9-4-2-1-3-5-10-22/h6-8,11-12H,1-5,9-10,13H2,(H,20,23). The Hall–Kier alpha value is -2.37. The average Bonchev–Trinajstić information content (AvgIpc) is 3.01. The second kappa shape index (κ2) is 7.95. The minimum atomic E-state index is -0.317. The predicted molar refractivity (Wildman–Crippen MR) is 88.8 cm³/mol. The molecule has 0 saturated carbocycles. The molecule has 128 valence electrons. The minimum absolute atomic E-state index is 0.0689. The lowest BCUT2D eigenvalue weighted by Crippen LogP contribution is -2.41. The van der Waals surface area contributed by atoms with Gasteiger partial charge in [0.1, 0.15) is 11.5 Å². The van der Waals surface area contributed by atoms with Crippen molar-refractivity contribution in [3.8, 4) is 11.3 Å². The Morgan fingerprint density at radius 3 is 2.67 bits per heavy atom. The van der Waals surface area contributed by atoms with Crippen LogP contribution >= 0.6 is 0 Å². The Balaban J connectivity index is 1.56. The summed E-state index contributed by atoms with van der Waals surface area (Å²) in [6.45, 7) is 1.88. The third-order valence-corrected chi connectivity index (χ3v) is 4.24. The first-order chi connectivity index (χ1) is 11.7. The highest BCUT2D eigenvalue weighted by Crippen LogP contribution is 2.20. The summed E-state index contributed by atoms with van der Waals surface area (Å²) in [4.78, 5) is 14.1. The lowest BCUT2D eigenvalue weighted by Gasteiger charge is -2.24. The van der Waals surface area contributed by atoms with Crippen molar-refractivity contribution in [2.24, 2.45) is 0 Å². The topological polar surface area (TPSA) is 58.4 Å². The number of aromatic nitrogens is 1. The first-order valence-electron chi connectivity index (χ1n) is 8.47. The first-order valence-corrected chi connectivity index (χ1v) is 8.47. The summed E-state index contributed by atoms with van der Waals surface area (Å²) in [5.74, 6) is 0.233. The maximum absolute atomic E-state index is 13.3. The molecule has 3 rings (SSSR count). The molecule has 1 aliphatic rings. The lowest BCUT2D eigenvalue weighted by molar-refractivity contribution is 0.190. The van der Waals surface area contributed by atoms with Crippen molar-refractivity contribution in [2.75, 3.05) is 13.1 Å². The minimum Gasteiger partial charge on any atom is -0.359 e. The lowest BCUT2D eigenvalue weighted by atomic mass is 10.1. The van der Waals surface area contributed by atoms with Crippen molar-refractivity contribution in [3.63, 3.8) is 0 Å². The van der Waals surface area contributed by atoms with Crippen LogP contribution in [0.2, 0.25) is 0 Å². The van der Waals surface area contributed by atoms with Crippen LogP contribution in [0.4, 0.5) is 9.18 Å². The van der Waals surface area contributed by atoms with E-state index < -0.39 is 0 Å². The fourth-order valence-corrected chi connectivity index (χ4v) is 2.91. The molecule has 1 aliphatic heterocycles. The molecule has 0 radical (unpaired) electrons. The van der Waals surface area contributed by atoms with Crippen LogP contribution in [0.1, 0.15) is 37.9 Å². The van der Waals surface area contributed by atoms with Gasteiger partial charge in [0.25, 0.3) is 0 Å². The van der Waals surface area contributed by atoms with Crippen LogP contribution < -0.4 is 5.32 Å². The molecule has 0 bridgehead atoms. The molecule has 1 saturated heterocycles. The number of halogens is 1. The molecule has 0 atom stereocenters. The molecule has 0 unspecified atom stereocenters. The van der Waals surface area contributed by atoms with E-state index in [1.807, 2.05) is 4.90 Å². The fourth-order valence-electron chi connectivity index (χ4n) is 2.91. The van der Waals surface area contributed by atoms with Gasteiger partial charge < -0.3 is 14.7 Å². The summed E-state index contributed by atoms with van der Waals surface area (Å²) in [6.07, 6.45) is 5.74. The second-order valence-corrected chi connectivity index (χ2v) is 6.10. The molecule has 24 heavy (non-hydrogen) atoms. The maximum Gasteiger partial charge on any atom is 0.317 e. The van der Waals surface area contributed by atoms with E-state index in [0.29, 0.717) is 17.0 Å². The third-order valence-electron chi connectivity index (χ3n) is 4.24. The van der Waals surface area contributed by atoms with Crippen LogP contribution in [0, 0.1) is 5.82 Å². The Morgan fingerprint density at radius 2 is 1.92 bits per heavy atom. The smallest absolute Gasteiger partial charge is 0.317 e. The van der Waals surface area contributed by atoms with Crippen molar-refractivity contribution in [1.29, 1.82) is 0 Å². The van der Waals surface area contributed by atoms with Gasteiger partial charge in [0.05, 0.1) is 6.54 Å². The molecule has 5 nitrogen and oxygen atoms in total. The van der Waals surface area contributed by atoms with Gasteiger partial charge in [-0.25, -0.2) is 9.18 Å². The Kier molecular flexibility index (Phi) is 5.46. The van der Waals surface area contributed by atoms with Gasteiger partial charge in [-0.05, 0) is 25.0 Å². The largest absolute Gasteiger partial charge is 0.359 e. The van der Waals surface area contributed by atoms with Gasteiger partial charge in [-0.2, -0.15) is 0 Å². The van der Waals surface area contributed by atoms with E-state index in [0.717, 1.165) is 25.9 Å². The van der Waals surface area contributed by atoms with Crippen molar-refractivity contribution < 1.29 is 13.7 Å². The molecule has 6 heteroatoms. The van der Waals surface area contributed by atoms with E-state index in [1.165, 1.54) is 31.4 Å². The zero-order valence-corrected chi connectivity index (χ0v) is 13.6. The fraction of sp³-hybridized carbons (Fsp3) is 0.444. The van der Waals surface area contributed by atoms with E-state index >= 15 is 0 Å². The Morgan fingerprint density at radius 1 is 1.17 bits per heavy atom. The van der Waals surface area contributed by atoms with Gasteiger partial charge >= 0.3 is 6.03 Å². The predicted octanol–water partition coefficient (Wildman–Crippen LogP) is 3.96. The average molecular weight is 331 g/mol. The van der Waals surface area contributed by atoms with Crippen LogP contribution in [0.5, 0.6) is 0 Å². The normalized spacial score (nSPS) is 15.6. The molecule has 1 fully saturated rings. The van der Waals surface area contributed by atoms with Crippen molar-refractivity contribution in [1.82, 2.24) is 15.4 Å². The quantitative estimate of drug-likeness (QED) is 0.926. The van der Waals surface area contributed by atoms with Gasteiger partial charge in [-0.1, -0.05) is 36.6 Å². The summed E-state index contributed by atoms with van der Waals surface area (Å²) in [5, 5.41) is 6.81. The Labute approximate surface area is 140 Å². The van der Waals surface area contributed by atoms with Gasteiger partial charge in [-0.3, -0.25) is 0 Å². The number of hydrogen-bond acceptors (Lipinski definition) is 3. The number of nitrogens with one attached hydrogen (secondary N) is 1. The van der Waals surface area contributed by atoms with E-state index in [2.05, 4.69) is 10.5 Å². The van der Waals surface area contributed by atoms with Crippen LogP contribution in [0.3, 0.4) is 0 Å². The number of hydrogen-bond donors (Lipinski definition) is 1. The van der Waals surface area contributed by atoms with Crippen molar-refractivity contribution in [3.05, 3.63) is 41.9 Å². The number of amides is 2. The number of carbonyl (C=O) groups is 1. The van der Waals surface area contributed by atoms with Crippen LogP contribution in [-0.2, 0) is 6.54 Å². The highest BCUT2D eigenvalue weighted by atomic mass is 19.1. The highest BCUT2D eigenvalue weighted by molar-refractivity contribution is 5.74. The van der Waals surface area contributed by atoms with Gasteiger partial charge in [0.2, 0.25) is 0 Å². The SMILES string of the molecule is O=C(NCc1cc(-c2cccc(F)c2)no1)N1CCCCCCC1. The number of benzene rings is 1. The maximum atomic E-state index is 13.3. The molecule has 2 heterocycles. The molecular weight excluding hydrogens is 309 g/mol. The zero-order chi connectivity index (χ0) is 16.8. The van der Waals surface area contributed by atoms with Crippen LogP contribution in [0.15, 0.2) is 34.9 Å². The summed E-state index contributed by atoms with van der Waals surface area (Å²) < 4.78 is 18.5. The summed E-state index contributed by atoms with van der Waals surface area (Å²) in [7, 11) is 0. The number of rotatable bonds is 3. The number of likely N-dealkylation sites (tertiary alicyclic amines) is 1. The molecule has 2 aromatic rings. The number of urea groups is 1. The van der Waals surface area contributed by atoms with Crippen molar-refractivity contribution >= 4 is 6.03 Å². The molecule has 0 spiro atoms. The van der Waals surface area contributed by atoms with Gasteiger partial charge in [0.15, 0.2) is 5.76 Å². The van der Waals surface area contributed by atoms with Crippen LogP contribution in [0.25, 0.3) is 11.3 Å². The third kappa shape index (κ3) is 4.34. The van der Waals surface area contributed by atoms with Gasteiger partial charge in [-0.15, -0.1) is 0 Å². The van der Waals surface area contributed by atoms with E-state index in [1.54, 1.807) is 18.2 Å². The first kappa shape index (κ1) is 16.5. The second-order valence-electron chi connectivity index (χ2n) is 6.10. The summed E-state index contributed by atoms with van der Waals surface area (Å²) >= 11 is 0. The summed E-state index contributed by atoms with van der Waals surface area (Å²) in [5.41, 5.74) is 1.21. The van der Waals surface area contributed by atoms with E-state index in [9.17, 15) is 9.18 Å². The molecule has 1 N–H and O–H groups in total. The van der Waals surface area contributed by atoms with Crippen molar-refractivity contribution in [2.45, 2.75) is 38.6 Å². The summed E-state index contributed by atoms with van der Waals surface area (Å²) in [6, 6.07) is 7.84. The Bertz CT molecular complexity index is 678.